The number of amides is 1. The maximum Gasteiger partial charge on any atom is 0.411 e. The van der Waals surface area contributed by atoms with Gasteiger partial charge in [0.2, 0.25) is 0 Å². The van der Waals surface area contributed by atoms with Crippen molar-refractivity contribution in [1.82, 2.24) is 0 Å². The summed E-state index contributed by atoms with van der Waals surface area (Å²) in [7, 11) is 0. The van der Waals surface area contributed by atoms with Gasteiger partial charge in [0, 0.05) is 5.69 Å². The van der Waals surface area contributed by atoms with Crippen molar-refractivity contribution in [2.45, 2.75) is 6.61 Å². The molecule has 0 fully saturated rings. The largest absolute Gasteiger partial charge is 0.478 e. The maximum absolute atomic E-state index is 11.6. The van der Waals surface area contributed by atoms with E-state index >= 15 is 0 Å². The highest BCUT2D eigenvalue weighted by molar-refractivity contribution is 5.89. The van der Waals surface area contributed by atoms with Gasteiger partial charge in [-0.3, -0.25) is 5.32 Å². The van der Waals surface area contributed by atoms with Crippen LogP contribution in [0.5, 0.6) is 0 Å². The fourth-order valence-electron chi connectivity index (χ4n) is 1.57. The van der Waals surface area contributed by atoms with Crippen molar-refractivity contribution in [2.75, 3.05) is 5.32 Å². The quantitative estimate of drug-likeness (QED) is 0.895. The Morgan fingerprint density at radius 3 is 2.25 bits per heavy atom. The lowest BCUT2D eigenvalue weighted by Gasteiger charge is -2.07. The van der Waals surface area contributed by atoms with Gasteiger partial charge in [0.1, 0.15) is 6.61 Å². The minimum Gasteiger partial charge on any atom is -0.478 e. The van der Waals surface area contributed by atoms with Crippen LogP contribution in [0.4, 0.5) is 10.5 Å². The molecule has 2 aromatic carbocycles. The van der Waals surface area contributed by atoms with Crippen molar-refractivity contribution in [2.24, 2.45) is 0 Å². The van der Waals surface area contributed by atoms with Crippen LogP contribution in [0.3, 0.4) is 0 Å². The summed E-state index contributed by atoms with van der Waals surface area (Å²) < 4.78 is 5.04. The van der Waals surface area contributed by atoms with Crippen LogP contribution in [0.15, 0.2) is 54.6 Å². The first kappa shape index (κ1) is 13.6. The zero-order valence-corrected chi connectivity index (χ0v) is 10.6. The molecule has 2 N–H and O–H groups in total. The average Bonchev–Trinajstić information content (AvgIpc) is 2.47. The molecule has 0 atom stereocenters. The molecule has 2 rings (SSSR count). The molecule has 0 aliphatic rings. The third kappa shape index (κ3) is 3.84. The van der Waals surface area contributed by atoms with Gasteiger partial charge >= 0.3 is 12.1 Å². The number of anilines is 1. The van der Waals surface area contributed by atoms with Crippen molar-refractivity contribution < 1.29 is 19.4 Å². The number of carboxylic acids is 1. The smallest absolute Gasteiger partial charge is 0.411 e. The Morgan fingerprint density at radius 1 is 1.00 bits per heavy atom. The first-order valence-electron chi connectivity index (χ1n) is 5.96. The number of rotatable bonds is 4. The van der Waals surface area contributed by atoms with E-state index in [1.165, 1.54) is 24.3 Å². The molecule has 5 heteroatoms. The standard InChI is InChI=1S/C15H13NO4/c17-14(18)12-6-8-13(9-7-12)16-15(19)20-10-11-4-2-1-3-5-11/h1-9H,10H2,(H,16,19)(H,17,18). The number of ether oxygens (including phenoxy) is 1. The molecule has 5 nitrogen and oxygen atoms in total. The van der Waals surface area contributed by atoms with Gasteiger partial charge in [0.25, 0.3) is 0 Å². The summed E-state index contributed by atoms with van der Waals surface area (Å²) in [5, 5.41) is 11.3. The van der Waals surface area contributed by atoms with Crippen LogP contribution in [-0.4, -0.2) is 17.2 Å². The molecule has 0 heterocycles. The van der Waals surface area contributed by atoms with E-state index in [-0.39, 0.29) is 12.2 Å². The highest BCUT2D eigenvalue weighted by atomic mass is 16.5. The molecule has 0 bridgehead atoms. The number of hydrogen-bond acceptors (Lipinski definition) is 3. The lowest BCUT2D eigenvalue weighted by atomic mass is 10.2. The Morgan fingerprint density at radius 2 is 1.65 bits per heavy atom. The van der Waals surface area contributed by atoms with Crippen LogP contribution in [-0.2, 0) is 11.3 Å². The fourth-order valence-corrected chi connectivity index (χ4v) is 1.57. The third-order valence-electron chi connectivity index (χ3n) is 2.59. The lowest BCUT2D eigenvalue weighted by molar-refractivity contribution is 0.0697. The molecule has 0 spiro atoms. The Hall–Kier alpha value is -2.82. The number of nitrogens with one attached hydrogen (secondary N) is 1. The Bertz CT molecular complexity index is 593. The van der Waals surface area contributed by atoms with Crippen LogP contribution >= 0.6 is 0 Å². The molecule has 1 amide bonds. The van der Waals surface area contributed by atoms with E-state index in [0.717, 1.165) is 5.56 Å². The van der Waals surface area contributed by atoms with Crippen LogP contribution < -0.4 is 5.32 Å². The van der Waals surface area contributed by atoms with Gasteiger partial charge in [-0.2, -0.15) is 0 Å². The zero-order valence-electron chi connectivity index (χ0n) is 10.6. The van der Waals surface area contributed by atoms with Gasteiger partial charge in [-0.1, -0.05) is 30.3 Å². The summed E-state index contributed by atoms with van der Waals surface area (Å²) >= 11 is 0. The second kappa shape index (κ2) is 6.38. The summed E-state index contributed by atoms with van der Waals surface area (Å²) in [6.07, 6.45) is -0.586. The summed E-state index contributed by atoms with van der Waals surface area (Å²) in [6.45, 7) is 0.180. The molecular weight excluding hydrogens is 258 g/mol. The number of aromatic carboxylic acids is 1. The van der Waals surface area contributed by atoms with Crippen LogP contribution in [0, 0.1) is 0 Å². The van der Waals surface area contributed by atoms with E-state index in [1.807, 2.05) is 30.3 Å². The zero-order chi connectivity index (χ0) is 14.4. The number of carbonyl (C=O) groups excluding carboxylic acids is 1. The number of carbonyl (C=O) groups is 2. The maximum atomic E-state index is 11.6. The number of benzene rings is 2. The van der Waals surface area contributed by atoms with Crippen molar-refractivity contribution in [3.8, 4) is 0 Å². The molecule has 0 saturated heterocycles. The van der Waals surface area contributed by atoms with E-state index < -0.39 is 12.1 Å². The number of hydrogen-bond donors (Lipinski definition) is 2. The summed E-state index contributed by atoms with van der Waals surface area (Å²) in [5.74, 6) is -1.01. The predicted molar refractivity (Wildman–Crippen MR) is 73.7 cm³/mol. The van der Waals surface area contributed by atoms with Crippen molar-refractivity contribution in [1.29, 1.82) is 0 Å². The van der Waals surface area contributed by atoms with Gasteiger partial charge in [-0.25, -0.2) is 9.59 Å². The van der Waals surface area contributed by atoms with Crippen molar-refractivity contribution >= 4 is 17.7 Å². The third-order valence-corrected chi connectivity index (χ3v) is 2.59. The summed E-state index contributed by atoms with van der Waals surface area (Å²) in [6, 6.07) is 15.2. The van der Waals surface area contributed by atoms with Gasteiger partial charge in [0.05, 0.1) is 5.56 Å². The van der Waals surface area contributed by atoms with E-state index in [1.54, 1.807) is 0 Å². The minimum absolute atomic E-state index is 0.160. The second-order valence-electron chi connectivity index (χ2n) is 4.07. The molecule has 0 saturated carbocycles. The molecule has 0 radical (unpaired) electrons. The molecule has 0 aromatic heterocycles. The van der Waals surface area contributed by atoms with Crippen LogP contribution in [0.2, 0.25) is 0 Å². The second-order valence-corrected chi connectivity index (χ2v) is 4.07. The number of carboxylic acid groups (broad SMARTS) is 1. The first-order chi connectivity index (χ1) is 9.65. The Balaban J connectivity index is 1.86. The topological polar surface area (TPSA) is 75.6 Å². The Kier molecular flexibility index (Phi) is 4.34. The lowest BCUT2D eigenvalue weighted by Crippen LogP contribution is -2.13. The van der Waals surface area contributed by atoms with Crippen molar-refractivity contribution in [3.63, 3.8) is 0 Å². The monoisotopic (exact) mass is 271 g/mol. The summed E-state index contributed by atoms with van der Waals surface area (Å²) in [4.78, 5) is 22.2. The molecule has 2 aromatic rings. The van der Waals surface area contributed by atoms with Gasteiger partial charge in [-0.05, 0) is 29.8 Å². The van der Waals surface area contributed by atoms with E-state index in [4.69, 9.17) is 9.84 Å². The SMILES string of the molecule is O=C(Nc1ccc(C(=O)O)cc1)OCc1ccccc1. The average molecular weight is 271 g/mol. The molecule has 0 aliphatic carbocycles. The van der Waals surface area contributed by atoms with Gasteiger partial charge in [0.15, 0.2) is 0 Å². The minimum atomic E-state index is -1.01. The molecule has 102 valence electrons. The van der Waals surface area contributed by atoms with E-state index in [9.17, 15) is 9.59 Å². The first-order valence-corrected chi connectivity index (χ1v) is 5.96. The van der Waals surface area contributed by atoms with E-state index in [2.05, 4.69) is 5.32 Å². The Labute approximate surface area is 115 Å². The summed E-state index contributed by atoms with van der Waals surface area (Å²) in [5.41, 5.74) is 1.53. The van der Waals surface area contributed by atoms with Gasteiger partial charge in [-0.15, -0.1) is 0 Å². The normalized spacial score (nSPS) is 9.80. The molecular formula is C15H13NO4. The van der Waals surface area contributed by atoms with E-state index in [0.29, 0.717) is 5.69 Å². The fraction of sp³-hybridized carbons (Fsp3) is 0.0667. The van der Waals surface area contributed by atoms with Crippen molar-refractivity contribution in [3.05, 3.63) is 65.7 Å². The van der Waals surface area contributed by atoms with Gasteiger partial charge < -0.3 is 9.84 Å². The molecule has 0 unspecified atom stereocenters. The highest BCUT2D eigenvalue weighted by Gasteiger charge is 2.05. The molecule has 20 heavy (non-hydrogen) atoms. The van der Waals surface area contributed by atoms with Crippen LogP contribution in [0.25, 0.3) is 0 Å². The predicted octanol–water partition coefficient (Wildman–Crippen LogP) is 3.13. The van der Waals surface area contributed by atoms with Crippen LogP contribution in [0.1, 0.15) is 15.9 Å². The highest BCUT2D eigenvalue weighted by Crippen LogP contribution is 2.10. The molecule has 0 aliphatic heterocycles.